The quantitative estimate of drug-likeness (QED) is 0.526. The van der Waals surface area contributed by atoms with E-state index in [0.717, 1.165) is 5.75 Å². The van der Waals surface area contributed by atoms with Crippen molar-refractivity contribution in [3.8, 4) is 11.6 Å². The normalized spacial score (nSPS) is 21.4. The molecule has 1 aliphatic heterocycles. The highest BCUT2D eigenvalue weighted by Gasteiger charge is 2.17. The van der Waals surface area contributed by atoms with E-state index in [4.69, 9.17) is 9.47 Å². The molecular formula is C7H6INO2. The van der Waals surface area contributed by atoms with Crippen molar-refractivity contribution < 1.29 is 9.47 Å². The summed E-state index contributed by atoms with van der Waals surface area (Å²) < 4.78 is 10.8. The van der Waals surface area contributed by atoms with Gasteiger partial charge in [0, 0.05) is 6.20 Å². The van der Waals surface area contributed by atoms with Gasteiger partial charge < -0.3 is 9.47 Å². The number of alkyl halides is 1. The second-order valence-electron chi connectivity index (χ2n) is 2.15. The van der Waals surface area contributed by atoms with Crippen LogP contribution in [0.5, 0.6) is 11.6 Å². The molecule has 0 aliphatic carbocycles. The van der Waals surface area contributed by atoms with Crippen molar-refractivity contribution in [1.82, 2.24) is 4.98 Å². The van der Waals surface area contributed by atoms with Crippen molar-refractivity contribution in [1.29, 1.82) is 0 Å². The molecule has 4 heteroatoms. The zero-order valence-electron chi connectivity index (χ0n) is 5.66. The third-order valence-electron chi connectivity index (χ3n) is 1.34. The van der Waals surface area contributed by atoms with E-state index in [1.807, 2.05) is 12.1 Å². The van der Waals surface area contributed by atoms with Gasteiger partial charge in [0.05, 0.1) is 0 Å². The molecule has 0 radical (unpaired) electrons. The third-order valence-corrected chi connectivity index (χ3v) is 1.96. The van der Waals surface area contributed by atoms with Gasteiger partial charge in [-0.15, -0.1) is 0 Å². The minimum atomic E-state index is 0.101. The molecule has 3 nitrogen and oxygen atoms in total. The topological polar surface area (TPSA) is 31.4 Å². The number of rotatable bonds is 0. The second kappa shape index (κ2) is 2.84. The first kappa shape index (κ1) is 7.15. The number of fused-ring (bicyclic) bond motifs is 1. The number of nitrogens with zero attached hydrogens (tertiary/aromatic N) is 1. The molecule has 0 spiro atoms. The maximum absolute atomic E-state index is 5.43. The lowest BCUT2D eigenvalue weighted by molar-refractivity contribution is 0.152. The van der Waals surface area contributed by atoms with Crippen LogP contribution in [-0.2, 0) is 0 Å². The number of aromatic nitrogens is 1. The van der Waals surface area contributed by atoms with Crippen LogP contribution in [-0.4, -0.2) is 15.7 Å². The summed E-state index contributed by atoms with van der Waals surface area (Å²) in [6.45, 7) is 0.574. The first-order chi connectivity index (χ1) is 5.36. The van der Waals surface area contributed by atoms with E-state index in [2.05, 4.69) is 27.6 Å². The lowest BCUT2D eigenvalue weighted by atomic mass is 10.4. The summed E-state index contributed by atoms with van der Waals surface area (Å²) in [5.41, 5.74) is 0. The van der Waals surface area contributed by atoms with Crippen LogP contribution in [0.3, 0.4) is 0 Å². The van der Waals surface area contributed by atoms with Gasteiger partial charge in [0.2, 0.25) is 0 Å². The monoisotopic (exact) mass is 263 g/mol. The van der Waals surface area contributed by atoms with Crippen LogP contribution in [0.25, 0.3) is 0 Å². The Bertz CT molecular complexity index is 266. The highest BCUT2D eigenvalue weighted by molar-refractivity contribution is 14.1. The molecule has 1 aliphatic rings. The van der Waals surface area contributed by atoms with Crippen molar-refractivity contribution in [3.05, 3.63) is 18.3 Å². The molecule has 2 rings (SSSR count). The molecule has 1 atom stereocenters. The van der Waals surface area contributed by atoms with E-state index in [1.165, 1.54) is 0 Å². The number of pyridine rings is 1. The smallest absolute Gasteiger partial charge is 0.257 e. The van der Waals surface area contributed by atoms with Gasteiger partial charge in [0.15, 0.2) is 9.86 Å². The largest absolute Gasteiger partial charge is 0.471 e. The number of hydrogen-bond donors (Lipinski definition) is 0. The fourth-order valence-corrected chi connectivity index (χ4v) is 1.34. The average molecular weight is 263 g/mol. The lowest BCUT2D eigenvalue weighted by Gasteiger charge is -2.20. The number of hydrogen-bond acceptors (Lipinski definition) is 3. The molecule has 2 heterocycles. The van der Waals surface area contributed by atoms with Crippen LogP contribution in [0.2, 0.25) is 0 Å². The van der Waals surface area contributed by atoms with Crippen LogP contribution in [0.15, 0.2) is 18.3 Å². The molecule has 11 heavy (non-hydrogen) atoms. The Hall–Kier alpha value is -0.520. The Morgan fingerprint density at radius 3 is 3.45 bits per heavy atom. The Labute approximate surface area is 77.9 Å². The van der Waals surface area contributed by atoms with Crippen LogP contribution in [0, 0.1) is 0 Å². The molecule has 0 amide bonds. The van der Waals surface area contributed by atoms with Crippen LogP contribution in [0.1, 0.15) is 0 Å². The summed E-state index contributed by atoms with van der Waals surface area (Å²) in [6, 6.07) is 3.68. The zero-order chi connectivity index (χ0) is 7.68. The molecule has 0 saturated carbocycles. The van der Waals surface area contributed by atoms with Gasteiger partial charge in [-0.25, -0.2) is 4.98 Å². The molecule has 1 aromatic rings. The Balaban J connectivity index is 2.34. The van der Waals surface area contributed by atoms with Crippen LogP contribution >= 0.6 is 22.6 Å². The second-order valence-corrected chi connectivity index (χ2v) is 3.53. The summed E-state index contributed by atoms with van der Waals surface area (Å²) in [4.78, 5) is 4.00. The standard InChI is InChI=1S/C7H6INO2/c8-6-4-10-7-5(11-6)2-1-3-9-7/h1-3,6H,4H2. The predicted octanol–water partition coefficient (Wildman–Crippen LogP) is 1.61. The van der Waals surface area contributed by atoms with Gasteiger partial charge in [-0.3, -0.25) is 0 Å². The molecule has 0 aromatic carbocycles. The molecule has 58 valence electrons. The van der Waals surface area contributed by atoms with Crippen molar-refractivity contribution in [2.45, 2.75) is 4.11 Å². The molecule has 0 bridgehead atoms. The lowest BCUT2D eigenvalue weighted by Crippen LogP contribution is -2.23. The van der Waals surface area contributed by atoms with Crippen molar-refractivity contribution in [2.24, 2.45) is 0 Å². The van der Waals surface area contributed by atoms with Gasteiger partial charge in [0.1, 0.15) is 6.61 Å². The van der Waals surface area contributed by atoms with Gasteiger partial charge in [-0.1, -0.05) is 0 Å². The maximum Gasteiger partial charge on any atom is 0.257 e. The maximum atomic E-state index is 5.43. The highest BCUT2D eigenvalue weighted by Crippen LogP contribution is 2.29. The Morgan fingerprint density at radius 2 is 2.55 bits per heavy atom. The Morgan fingerprint density at radius 1 is 1.64 bits per heavy atom. The van der Waals surface area contributed by atoms with E-state index in [9.17, 15) is 0 Å². The molecule has 0 saturated heterocycles. The van der Waals surface area contributed by atoms with E-state index in [0.29, 0.717) is 12.5 Å². The van der Waals surface area contributed by atoms with Gasteiger partial charge >= 0.3 is 0 Å². The summed E-state index contributed by atoms with van der Waals surface area (Å²) >= 11 is 2.18. The van der Waals surface area contributed by atoms with Crippen molar-refractivity contribution >= 4 is 22.6 Å². The van der Waals surface area contributed by atoms with E-state index in [1.54, 1.807) is 6.20 Å². The van der Waals surface area contributed by atoms with Crippen molar-refractivity contribution in [2.75, 3.05) is 6.61 Å². The number of halogens is 1. The van der Waals surface area contributed by atoms with E-state index >= 15 is 0 Å². The van der Waals surface area contributed by atoms with Crippen LogP contribution in [0.4, 0.5) is 0 Å². The fourth-order valence-electron chi connectivity index (χ4n) is 0.890. The van der Waals surface area contributed by atoms with Gasteiger partial charge in [-0.2, -0.15) is 0 Å². The molecule has 0 fully saturated rings. The van der Waals surface area contributed by atoms with E-state index < -0.39 is 0 Å². The molecule has 1 aromatic heterocycles. The molecule has 0 N–H and O–H groups in total. The summed E-state index contributed by atoms with van der Waals surface area (Å²) in [5, 5.41) is 0. The first-order valence-electron chi connectivity index (χ1n) is 3.25. The predicted molar refractivity (Wildman–Crippen MR) is 48.2 cm³/mol. The first-order valence-corrected chi connectivity index (χ1v) is 4.49. The Kier molecular flexibility index (Phi) is 1.85. The SMILES string of the molecule is IC1COc2ncccc2O1. The van der Waals surface area contributed by atoms with Crippen LogP contribution < -0.4 is 9.47 Å². The van der Waals surface area contributed by atoms with E-state index in [-0.39, 0.29) is 4.11 Å². The number of ether oxygens (including phenoxy) is 2. The average Bonchev–Trinajstić information content (AvgIpc) is 2.04. The highest BCUT2D eigenvalue weighted by atomic mass is 127. The summed E-state index contributed by atoms with van der Waals surface area (Å²) in [6.07, 6.45) is 1.69. The van der Waals surface area contributed by atoms with Gasteiger partial charge in [0.25, 0.3) is 5.88 Å². The third kappa shape index (κ3) is 1.40. The molecular weight excluding hydrogens is 257 g/mol. The molecule has 1 unspecified atom stereocenters. The minimum Gasteiger partial charge on any atom is -0.471 e. The zero-order valence-corrected chi connectivity index (χ0v) is 7.82. The minimum absolute atomic E-state index is 0.101. The fraction of sp³-hybridized carbons (Fsp3) is 0.286. The summed E-state index contributed by atoms with van der Waals surface area (Å²) in [7, 11) is 0. The van der Waals surface area contributed by atoms with Gasteiger partial charge in [-0.05, 0) is 34.7 Å². The van der Waals surface area contributed by atoms with Crippen molar-refractivity contribution in [3.63, 3.8) is 0 Å². The summed E-state index contributed by atoms with van der Waals surface area (Å²) in [5.74, 6) is 1.33.